The molecule has 3 rings (SSSR count). The number of nitrogens with zero attached hydrogens (tertiary/aromatic N) is 3. The number of rotatable bonds is 7. The van der Waals surface area contributed by atoms with Crippen LogP contribution in [0, 0.1) is 0 Å². The molecule has 1 aromatic carbocycles. The van der Waals surface area contributed by atoms with Crippen LogP contribution >= 0.6 is 11.3 Å². The van der Waals surface area contributed by atoms with Gasteiger partial charge in [-0.05, 0) is 43.2 Å². The Balaban J connectivity index is 1.48. The molecule has 6 nitrogen and oxygen atoms in total. The average Bonchev–Trinajstić information content (AvgIpc) is 3.22. The minimum atomic E-state index is 0.0242. The highest BCUT2D eigenvalue weighted by atomic mass is 32.1. The number of thiophene rings is 1. The van der Waals surface area contributed by atoms with E-state index in [-0.39, 0.29) is 12.1 Å². The lowest BCUT2D eigenvalue weighted by molar-refractivity contribution is 0.134. The number of piperazine rings is 1. The van der Waals surface area contributed by atoms with Crippen LogP contribution in [0.1, 0.15) is 16.5 Å². The van der Waals surface area contributed by atoms with E-state index < -0.39 is 0 Å². The van der Waals surface area contributed by atoms with Gasteiger partial charge in [-0.25, -0.2) is 4.79 Å². The van der Waals surface area contributed by atoms with Crippen LogP contribution in [0.2, 0.25) is 0 Å². The molecule has 1 saturated heterocycles. The predicted molar refractivity (Wildman–Crippen MR) is 114 cm³/mol. The molecule has 0 saturated carbocycles. The van der Waals surface area contributed by atoms with Gasteiger partial charge in [-0.1, -0.05) is 18.2 Å². The predicted octanol–water partition coefficient (Wildman–Crippen LogP) is 2.89. The highest BCUT2D eigenvalue weighted by Crippen LogP contribution is 2.21. The van der Waals surface area contributed by atoms with E-state index in [0.717, 1.165) is 44.0 Å². The van der Waals surface area contributed by atoms with Gasteiger partial charge in [0.2, 0.25) is 0 Å². The smallest absolute Gasteiger partial charge is 0.317 e. The molecule has 1 N–H and O–H groups in total. The number of urea groups is 1. The van der Waals surface area contributed by atoms with Gasteiger partial charge in [-0.2, -0.15) is 0 Å². The van der Waals surface area contributed by atoms with Crippen LogP contribution in [0.3, 0.4) is 0 Å². The fourth-order valence-corrected chi connectivity index (χ4v) is 4.20. The number of hydrogen-bond acceptors (Lipinski definition) is 5. The third-order valence-electron chi connectivity index (χ3n) is 5.19. The molecule has 0 radical (unpaired) electrons. The summed E-state index contributed by atoms with van der Waals surface area (Å²) in [5.41, 5.74) is 1.16. The van der Waals surface area contributed by atoms with Crippen molar-refractivity contribution in [3.63, 3.8) is 0 Å². The Morgan fingerprint density at radius 3 is 2.46 bits per heavy atom. The summed E-state index contributed by atoms with van der Waals surface area (Å²) in [6.07, 6.45) is 0. The van der Waals surface area contributed by atoms with Gasteiger partial charge in [-0.3, -0.25) is 4.90 Å². The average molecular weight is 403 g/mol. The summed E-state index contributed by atoms with van der Waals surface area (Å²) in [5, 5.41) is 5.23. The lowest BCUT2D eigenvalue weighted by atomic mass is 10.1. The van der Waals surface area contributed by atoms with Gasteiger partial charge in [-0.15, -0.1) is 11.3 Å². The number of likely N-dealkylation sites (N-methyl/N-ethyl adjacent to an activating group) is 1. The number of ether oxygens (including phenoxy) is 1. The first-order chi connectivity index (χ1) is 13.6. The highest BCUT2D eigenvalue weighted by Gasteiger charge is 2.22. The molecule has 28 heavy (non-hydrogen) atoms. The van der Waals surface area contributed by atoms with Gasteiger partial charge in [0.15, 0.2) is 0 Å². The van der Waals surface area contributed by atoms with Crippen molar-refractivity contribution in [1.82, 2.24) is 20.0 Å². The van der Waals surface area contributed by atoms with Crippen molar-refractivity contribution in [2.75, 3.05) is 53.9 Å². The van der Waals surface area contributed by atoms with Crippen molar-refractivity contribution in [3.05, 3.63) is 52.2 Å². The van der Waals surface area contributed by atoms with Crippen LogP contribution in [0.4, 0.5) is 4.79 Å². The van der Waals surface area contributed by atoms with Crippen LogP contribution < -0.4 is 10.1 Å². The molecule has 0 spiro atoms. The van der Waals surface area contributed by atoms with Crippen LogP contribution in [-0.4, -0.2) is 74.7 Å². The number of amides is 2. The summed E-state index contributed by atoms with van der Waals surface area (Å²) in [7, 11) is 5.73. The van der Waals surface area contributed by atoms with Gasteiger partial charge < -0.3 is 19.9 Å². The molecule has 1 unspecified atom stereocenters. The number of nitrogens with one attached hydrogen (secondary N) is 1. The van der Waals surface area contributed by atoms with E-state index in [1.807, 2.05) is 31.1 Å². The van der Waals surface area contributed by atoms with Crippen molar-refractivity contribution in [2.45, 2.75) is 12.6 Å². The number of hydrogen-bond donors (Lipinski definition) is 1. The lowest BCUT2D eigenvalue weighted by Crippen LogP contribution is -2.52. The molecular formula is C21H30N4O2S. The third-order valence-corrected chi connectivity index (χ3v) is 6.05. The summed E-state index contributed by atoms with van der Waals surface area (Å²) < 4.78 is 5.24. The number of carbonyl (C=O) groups is 1. The van der Waals surface area contributed by atoms with E-state index in [1.54, 1.807) is 18.4 Å². The molecule has 2 heterocycles. The molecule has 152 valence electrons. The van der Waals surface area contributed by atoms with Crippen LogP contribution in [0.5, 0.6) is 5.75 Å². The summed E-state index contributed by atoms with van der Waals surface area (Å²) in [6, 6.07) is 12.4. The summed E-state index contributed by atoms with van der Waals surface area (Å²) in [6.45, 7) is 4.93. The summed E-state index contributed by atoms with van der Waals surface area (Å²) in [5.74, 6) is 0.839. The number of benzene rings is 1. The van der Waals surface area contributed by atoms with E-state index in [4.69, 9.17) is 4.74 Å². The SMILES string of the molecule is COc1ccc(C(CNC(=O)N2CCN(Cc3cccs3)CC2)N(C)C)cc1. The Hall–Kier alpha value is -2.09. The molecule has 1 fully saturated rings. The number of methoxy groups -OCH3 is 1. The molecule has 0 bridgehead atoms. The molecule has 2 amide bonds. The lowest BCUT2D eigenvalue weighted by Gasteiger charge is -2.35. The molecule has 2 aromatic rings. The van der Waals surface area contributed by atoms with Gasteiger partial charge in [0.1, 0.15) is 5.75 Å². The highest BCUT2D eigenvalue weighted by molar-refractivity contribution is 7.09. The van der Waals surface area contributed by atoms with Crippen molar-refractivity contribution in [3.8, 4) is 5.75 Å². The summed E-state index contributed by atoms with van der Waals surface area (Å²) in [4.78, 5) is 20.5. The van der Waals surface area contributed by atoms with E-state index in [2.05, 4.69) is 44.8 Å². The molecule has 1 aromatic heterocycles. The zero-order valence-corrected chi connectivity index (χ0v) is 17.7. The topological polar surface area (TPSA) is 48.1 Å². The van der Waals surface area contributed by atoms with E-state index in [0.29, 0.717) is 6.54 Å². The zero-order chi connectivity index (χ0) is 19.9. The third kappa shape index (κ3) is 5.47. The largest absolute Gasteiger partial charge is 0.497 e. The second-order valence-corrected chi connectivity index (χ2v) is 8.31. The van der Waals surface area contributed by atoms with Gasteiger partial charge in [0.25, 0.3) is 0 Å². The normalized spacial score (nSPS) is 16.2. The van der Waals surface area contributed by atoms with E-state index >= 15 is 0 Å². The Bertz CT molecular complexity index is 725. The maximum absolute atomic E-state index is 12.6. The van der Waals surface area contributed by atoms with Crippen LogP contribution in [-0.2, 0) is 6.54 Å². The fourth-order valence-electron chi connectivity index (χ4n) is 3.45. The van der Waals surface area contributed by atoms with Gasteiger partial charge in [0, 0.05) is 44.1 Å². The number of carbonyl (C=O) groups excluding carboxylic acids is 1. The minimum Gasteiger partial charge on any atom is -0.497 e. The van der Waals surface area contributed by atoms with E-state index in [9.17, 15) is 4.79 Å². The van der Waals surface area contributed by atoms with Crippen molar-refractivity contribution < 1.29 is 9.53 Å². The molecule has 7 heteroatoms. The first-order valence-electron chi connectivity index (χ1n) is 9.64. The maximum atomic E-state index is 12.6. The van der Waals surface area contributed by atoms with Gasteiger partial charge in [0.05, 0.1) is 13.2 Å². The van der Waals surface area contributed by atoms with Crippen molar-refractivity contribution in [1.29, 1.82) is 0 Å². The summed E-state index contributed by atoms with van der Waals surface area (Å²) >= 11 is 1.79. The Labute approximate surface area is 171 Å². The van der Waals surface area contributed by atoms with Crippen LogP contribution in [0.25, 0.3) is 0 Å². The maximum Gasteiger partial charge on any atom is 0.317 e. The standard InChI is InChI=1S/C21H30N4O2S/c1-23(2)20(17-6-8-18(27-3)9-7-17)15-22-21(26)25-12-10-24(11-13-25)16-19-5-4-14-28-19/h4-9,14,20H,10-13,15-16H2,1-3H3,(H,22,26). The van der Waals surface area contributed by atoms with Crippen molar-refractivity contribution in [2.24, 2.45) is 0 Å². The Kier molecular flexibility index (Phi) is 7.30. The minimum absolute atomic E-state index is 0.0242. The molecule has 0 aliphatic carbocycles. The van der Waals surface area contributed by atoms with Crippen LogP contribution in [0.15, 0.2) is 41.8 Å². The fraction of sp³-hybridized carbons (Fsp3) is 0.476. The zero-order valence-electron chi connectivity index (χ0n) is 16.9. The van der Waals surface area contributed by atoms with Crippen molar-refractivity contribution >= 4 is 17.4 Å². The van der Waals surface area contributed by atoms with E-state index in [1.165, 1.54) is 4.88 Å². The first kappa shape index (κ1) is 20.6. The molecular weight excluding hydrogens is 372 g/mol. The van der Waals surface area contributed by atoms with Gasteiger partial charge >= 0.3 is 6.03 Å². The second kappa shape index (κ2) is 9.91. The second-order valence-electron chi connectivity index (χ2n) is 7.28. The Morgan fingerprint density at radius 2 is 1.89 bits per heavy atom. The Morgan fingerprint density at radius 1 is 1.18 bits per heavy atom. The monoisotopic (exact) mass is 402 g/mol. The quantitative estimate of drug-likeness (QED) is 0.774. The first-order valence-corrected chi connectivity index (χ1v) is 10.5. The molecule has 1 atom stereocenters. The molecule has 1 aliphatic heterocycles. The molecule has 1 aliphatic rings.